The Morgan fingerprint density at radius 1 is 1.14 bits per heavy atom. The first-order valence-corrected chi connectivity index (χ1v) is 9.65. The highest BCUT2D eigenvalue weighted by Gasteiger charge is 2.24. The van der Waals surface area contributed by atoms with Crippen molar-refractivity contribution in [1.82, 2.24) is 4.90 Å². The molecule has 156 valence electrons. The number of carbonyl (C=O) groups excluding carboxylic acids is 3. The third-order valence-electron chi connectivity index (χ3n) is 4.00. The van der Waals surface area contributed by atoms with Gasteiger partial charge in [-0.1, -0.05) is 6.07 Å². The molecule has 1 aromatic heterocycles. The molecule has 9 heteroatoms. The molecular formula is C20H24N2O6S. The van der Waals surface area contributed by atoms with Gasteiger partial charge in [-0.05, 0) is 18.4 Å². The van der Waals surface area contributed by atoms with Gasteiger partial charge in [0.2, 0.25) is 5.91 Å². The quantitative estimate of drug-likeness (QED) is 0.660. The maximum atomic E-state index is 12.7. The van der Waals surface area contributed by atoms with Gasteiger partial charge in [0.15, 0.2) is 17.6 Å². The van der Waals surface area contributed by atoms with Gasteiger partial charge in [-0.2, -0.15) is 0 Å². The number of hydrogen-bond donors (Lipinski definition) is 1. The van der Waals surface area contributed by atoms with E-state index in [1.807, 2.05) is 17.5 Å². The first-order valence-electron chi connectivity index (χ1n) is 8.77. The molecule has 2 amide bonds. The average Bonchev–Trinajstić information content (AvgIpc) is 3.19. The number of thiophene rings is 1. The largest absolute Gasteiger partial charge is 0.493 e. The molecule has 1 aromatic carbocycles. The van der Waals surface area contributed by atoms with Gasteiger partial charge in [0.05, 0.1) is 31.9 Å². The molecule has 0 unspecified atom stereocenters. The minimum atomic E-state index is -0.986. The van der Waals surface area contributed by atoms with Crippen LogP contribution in [0.4, 0.5) is 5.69 Å². The van der Waals surface area contributed by atoms with Crippen LogP contribution in [-0.4, -0.2) is 57.1 Å². The zero-order valence-electron chi connectivity index (χ0n) is 17.0. The van der Waals surface area contributed by atoms with E-state index >= 15 is 0 Å². The topological polar surface area (TPSA) is 94.2 Å². The van der Waals surface area contributed by atoms with E-state index in [0.29, 0.717) is 11.5 Å². The number of methoxy groups -OCH3 is 2. The van der Waals surface area contributed by atoms with Crippen LogP contribution in [-0.2, 0) is 20.7 Å². The Labute approximate surface area is 173 Å². The summed E-state index contributed by atoms with van der Waals surface area (Å²) in [4.78, 5) is 39.4. The summed E-state index contributed by atoms with van der Waals surface area (Å²) < 4.78 is 15.8. The number of anilines is 1. The Bertz CT molecular complexity index is 879. The number of hydrogen-bond acceptors (Lipinski definition) is 7. The molecule has 0 aliphatic heterocycles. The summed E-state index contributed by atoms with van der Waals surface area (Å²) in [5.41, 5.74) is 0.263. The zero-order chi connectivity index (χ0) is 21.6. The lowest BCUT2D eigenvalue weighted by Gasteiger charge is -2.19. The minimum Gasteiger partial charge on any atom is -0.493 e. The molecule has 1 atom stereocenters. The molecule has 1 heterocycles. The van der Waals surface area contributed by atoms with Crippen molar-refractivity contribution in [3.8, 4) is 11.5 Å². The van der Waals surface area contributed by atoms with Crippen LogP contribution in [0.3, 0.4) is 0 Å². The van der Waals surface area contributed by atoms with Gasteiger partial charge in [0, 0.05) is 31.1 Å². The summed E-state index contributed by atoms with van der Waals surface area (Å²) >= 11 is 1.46. The van der Waals surface area contributed by atoms with Crippen LogP contribution in [0.25, 0.3) is 0 Å². The number of amides is 2. The molecule has 0 spiro atoms. The summed E-state index contributed by atoms with van der Waals surface area (Å²) in [6.07, 6.45) is -0.823. The molecule has 29 heavy (non-hydrogen) atoms. The van der Waals surface area contributed by atoms with Crippen LogP contribution in [0.1, 0.15) is 22.2 Å². The summed E-state index contributed by atoms with van der Waals surface area (Å²) in [5, 5.41) is 4.60. The second-order valence-electron chi connectivity index (χ2n) is 6.34. The van der Waals surface area contributed by atoms with Crippen LogP contribution >= 0.6 is 11.3 Å². The summed E-state index contributed by atoms with van der Waals surface area (Å²) in [6.45, 7) is 1.48. The summed E-state index contributed by atoms with van der Waals surface area (Å²) in [7, 11) is 6.02. The number of likely N-dealkylation sites (N-methyl/N-ethyl adjacent to an activating group) is 1. The van der Waals surface area contributed by atoms with Crippen molar-refractivity contribution in [1.29, 1.82) is 0 Å². The van der Waals surface area contributed by atoms with Gasteiger partial charge in [0.25, 0.3) is 5.91 Å². The predicted molar refractivity (Wildman–Crippen MR) is 110 cm³/mol. The fourth-order valence-electron chi connectivity index (χ4n) is 2.56. The maximum Gasteiger partial charge on any atom is 0.341 e. The number of carbonyl (C=O) groups is 3. The van der Waals surface area contributed by atoms with Gasteiger partial charge in [-0.3, -0.25) is 9.59 Å². The van der Waals surface area contributed by atoms with Crippen LogP contribution in [0.2, 0.25) is 0 Å². The van der Waals surface area contributed by atoms with E-state index in [2.05, 4.69) is 5.32 Å². The van der Waals surface area contributed by atoms with E-state index in [1.54, 1.807) is 14.1 Å². The maximum absolute atomic E-state index is 12.7. The molecule has 2 aromatic rings. The molecule has 0 radical (unpaired) electrons. The number of benzene rings is 1. The normalized spacial score (nSPS) is 11.3. The van der Waals surface area contributed by atoms with Crippen molar-refractivity contribution in [3.63, 3.8) is 0 Å². The molecule has 0 aliphatic rings. The molecule has 0 aliphatic carbocycles. The Balaban J connectivity index is 2.31. The van der Waals surface area contributed by atoms with Crippen molar-refractivity contribution in [2.45, 2.75) is 19.4 Å². The Morgan fingerprint density at radius 3 is 2.34 bits per heavy atom. The fourth-order valence-corrected chi connectivity index (χ4v) is 3.26. The lowest BCUT2D eigenvalue weighted by Crippen LogP contribution is -2.35. The van der Waals surface area contributed by atoms with E-state index in [4.69, 9.17) is 14.2 Å². The Hall–Kier alpha value is -3.07. The van der Waals surface area contributed by atoms with Crippen molar-refractivity contribution in [2.75, 3.05) is 33.6 Å². The van der Waals surface area contributed by atoms with Crippen LogP contribution in [0, 0.1) is 0 Å². The van der Waals surface area contributed by atoms with E-state index in [0.717, 1.165) is 4.88 Å². The standard InChI is InChI=1S/C20H24N2O6S/c1-12(19(24)22(2)3)28-20(25)14-10-16(26-4)17(27-5)11-15(14)21-18(23)9-13-7-6-8-29-13/h6-8,10-12H,9H2,1-5H3,(H,21,23)/t12-/m1/s1. The van der Waals surface area contributed by atoms with Gasteiger partial charge in [0.1, 0.15) is 0 Å². The van der Waals surface area contributed by atoms with Gasteiger partial charge >= 0.3 is 5.97 Å². The molecule has 2 rings (SSSR count). The van der Waals surface area contributed by atoms with Gasteiger partial charge in [-0.15, -0.1) is 11.3 Å². The van der Waals surface area contributed by atoms with E-state index < -0.39 is 12.1 Å². The van der Waals surface area contributed by atoms with Crippen LogP contribution in [0.15, 0.2) is 29.6 Å². The third-order valence-corrected chi connectivity index (χ3v) is 4.88. The minimum absolute atomic E-state index is 0.0561. The van der Waals surface area contributed by atoms with E-state index in [-0.39, 0.29) is 29.5 Å². The number of rotatable bonds is 8. The second kappa shape index (κ2) is 9.92. The molecule has 0 saturated carbocycles. The highest BCUT2D eigenvalue weighted by Crippen LogP contribution is 2.34. The highest BCUT2D eigenvalue weighted by molar-refractivity contribution is 7.10. The molecule has 0 bridgehead atoms. The number of esters is 1. The SMILES string of the molecule is COc1cc(NC(=O)Cc2cccs2)c(C(=O)O[C@H](C)C(=O)N(C)C)cc1OC. The first-order chi connectivity index (χ1) is 13.8. The van der Waals surface area contributed by atoms with Gasteiger partial charge < -0.3 is 24.4 Å². The van der Waals surface area contributed by atoms with Crippen molar-refractivity contribution < 1.29 is 28.6 Å². The molecular weight excluding hydrogens is 396 g/mol. The fraction of sp³-hybridized carbons (Fsp3) is 0.350. The predicted octanol–water partition coefficient (Wildman–Crippen LogP) is 2.58. The summed E-state index contributed by atoms with van der Waals surface area (Å²) in [6, 6.07) is 6.60. The monoisotopic (exact) mass is 420 g/mol. The number of nitrogens with zero attached hydrogens (tertiary/aromatic N) is 1. The van der Waals surface area contributed by atoms with Crippen LogP contribution < -0.4 is 14.8 Å². The second-order valence-corrected chi connectivity index (χ2v) is 7.37. The lowest BCUT2D eigenvalue weighted by molar-refractivity contribution is -0.137. The number of ether oxygens (including phenoxy) is 3. The third kappa shape index (κ3) is 5.71. The zero-order valence-corrected chi connectivity index (χ0v) is 17.8. The highest BCUT2D eigenvalue weighted by atomic mass is 32.1. The average molecular weight is 420 g/mol. The van der Waals surface area contributed by atoms with Crippen molar-refractivity contribution >= 4 is 34.8 Å². The first kappa shape index (κ1) is 22.2. The van der Waals surface area contributed by atoms with Crippen LogP contribution in [0.5, 0.6) is 11.5 Å². The van der Waals surface area contributed by atoms with E-state index in [1.165, 1.54) is 49.5 Å². The molecule has 0 saturated heterocycles. The van der Waals surface area contributed by atoms with Gasteiger partial charge in [-0.25, -0.2) is 4.79 Å². The molecule has 1 N–H and O–H groups in total. The Kier molecular flexibility index (Phi) is 7.60. The summed E-state index contributed by atoms with van der Waals surface area (Å²) in [5.74, 6) is -0.788. The van der Waals surface area contributed by atoms with Crippen molar-refractivity contribution in [3.05, 3.63) is 40.1 Å². The Morgan fingerprint density at radius 2 is 1.79 bits per heavy atom. The lowest BCUT2D eigenvalue weighted by atomic mass is 10.1. The van der Waals surface area contributed by atoms with E-state index in [9.17, 15) is 14.4 Å². The van der Waals surface area contributed by atoms with Crippen molar-refractivity contribution in [2.24, 2.45) is 0 Å². The number of nitrogens with one attached hydrogen (secondary N) is 1. The molecule has 0 fully saturated rings. The smallest absolute Gasteiger partial charge is 0.341 e. The molecule has 8 nitrogen and oxygen atoms in total.